The summed E-state index contributed by atoms with van der Waals surface area (Å²) in [6.45, 7) is 3.81. The largest absolute Gasteiger partial charge is 0.459 e. The molecular formula is C9H12N2O2. The molecule has 0 saturated carbocycles. The summed E-state index contributed by atoms with van der Waals surface area (Å²) >= 11 is 0. The molecule has 13 heavy (non-hydrogen) atoms. The predicted molar refractivity (Wildman–Crippen MR) is 46.9 cm³/mol. The van der Waals surface area contributed by atoms with Crippen molar-refractivity contribution in [3.8, 4) is 0 Å². The van der Waals surface area contributed by atoms with Gasteiger partial charge in [0.25, 0.3) is 0 Å². The Morgan fingerprint density at radius 2 is 2.31 bits per heavy atom. The van der Waals surface area contributed by atoms with Crippen LogP contribution in [0.15, 0.2) is 12.4 Å². The SMILES string of the molecule is CCC(=O)OCc1cncc(C)n1. The van der Waals surface area contributed by atoms with Gasteiger partial charge in [-0.05, 0) is 6.92 Å². The van der Waals surface area contributed by atoms with Crippen molar-refractivity contribution in [2.24, 2.45) is 0 Å². The summed E-state index contributed by atoms with van der Waals surface area (Å²) in [5.74, 6) is -0.219. The van der Waals surface area contributed by atoms with Crippen LogP contribution in [0.4, 0.5) is 0 Å². The Kier molecular flexibility index (Phi) is 3.37. The molecule has 70 valence electrons. The van der Waals surface area contributed by atoms with Gasteiger partial charge < -0.3 is 4.74 Å². The van der Waals surface area contributed by atoms with Gasteiger partial charge in [-0.3, -0.25) is 14.8 Å². The van der Waals surface area contributed by atoms with Crippen LogP contribution in [0.25, 0.3) is 0 Å². The molecular weight excluding hydrogens is 168 g/mol. The zero-order valence-corrected chi connectivity index (χ0v) is 7.78. The van der Waals surface area contributed by atoms with E-state index in [4.69, 9.17) is 4.74 Å². The van der Waals surface area contributed by atoms with Crippen LogP contribution in [0.1, 0.15) is 24.7 Å². The highest BCUT2D eigenvalue weighted by atomic mass is 16.5. The third-order valence-electron chi connectivity index (χ3n) is 1.47. The van der Waals surface area contributed by atoms with Crippen molar-refractivity contribution in [3.63, 3.8) is 0 Å². The van der Waals surface area contributed by atoms with Crippen LogP contribution in [-0.2, 0) is 16.1 Å². The summed E-state index contributed by atoms with van der Waals surface area (Å²) in [5, 5.41) is 0. The minimum Gasteiger partial charge on any atom is -0.459 e. The first-order valence-corrected chi connectivity index (χ1v) is 4.15. The Hall–Kier alpha value is -1.45. The molecule has 1 rings (SSSR count). The second-order valence-electron chi connectivity index (χ2n) is 2.67. The summed E-state index contributed by atoms with van der Waals surface area (Å²) in [6.07, 6.45) is 3.64. The van der Waals surface area contributed by atoms with Gasteiger partial charge in [0.15, 0.2) is 0 Å². The summed E-state index contributed by atoms with van der Waals surface area (Å²) in [6, 6.07) is 0. The molecule has 0 N–H and O–H groups in total. The first-order chi connectivity index (χ1) is 6.22. The van der Waals surface area contributed by atoms with Gasteiger partial charge in [-0.25, -0.2) is 0 Å². The van der Waals surface area contributed by atoms with Gasteiger partial charge in [-0.15, -0.1) is 0 Å². The van der Waals surface area contributed by atoms with E-state index in [2.05, 4.69) is 9.97 Å². The van der Waals surface area contributed by atoms with E-state index >= 15 is 0 Å². The van der Waals surface area contributed by atoms with Crippen molar-refractivity contribution in [2.45, 2.75) is 26.9 Å². The van der Waals surface area contributed by atoms with Crippen LogP contribution in [0.2, 0.25) is 0 Å². The zero-order chi connectivity index (χ0) is 9.68. The van der Waals surface area contributed by atoms with Gasteiger partial charge in [0.2, 0.25) is 0 Å². The first-order valence-electron chi connectivity index (χ1n) is 4.15. The van der Waals surface area contributed by atoms with E-state index in [1.807, 2.05) is 6.92 Å². The molecule has 1 heterocycles. The van der Waals surface area contributed by atoms with E-state index in [1.165, 1.54) is 0 Å². The fourth-order valence-electron chi connectivity index (χ4n) is 0.841. The number of aryl methyl sites for hydroxylation is 1. The topological polar surface area (TPSA) is 52.1 Å². The van der Waals surface area contributed by atoms with E-state index in [1.54, 1.807) is 19.3 Å². The molecule has 0 aliphatic rings. The number of hydrogen-bond donors (Lipinski definition) is 0. The number of carbonyl (C=O) groups excluding carboxylic acids is 1. The van der Waals surface area contributed by atoms with E-state index in [9.17, 15) is 4.79 Å². The molecule has 0 fully saturated rings. The van der Waals surface area contributed by atoms with Crippen LogP contribution >= 0.6 is 0 Å². The van der Waals surface area contributed by atoms with Gasteiger partial charge in [-0.2, -0.15) is 0 Å². The number of esters is 1. The maximum atomic E-state index is 10.8. The van der Waals surface area contributed by atoms with Crippen molar-refractivity contribution in [1.29, 1.82) is 0 Å². The van der Waals surface area contributed by atoms with E-state index in [-0.39, 0.29) is 12.6 Å². The maximum Gasteiger partial charge on any atom is 0.305 e. The minimum absolute atomic E-state index is 0.210. The highest BCUT2D eigenvalue weighted by Gasteiger charge is 2.00. The first kappa shape index (κ1) is 9.64. The third-order valence-corrected chi connectivity index (χ3v) is 1.47. The number of rotatable bonds is 3. The van der Waals surface area contributed by atoms with Gasteiger partial charge in [-0.1, -0.05) is 6.92 Å². The number of aromatic nitrogens is 2. The predicted octanol–water partition coefficient (Wildman–Crippen LogP) is 1.24. The summed E-state index contributed by atoms with van der Waals surface area (Å²) in [7, 11) is 0. The Balaban J connectivity index is 2.50. The molecule has 0 spiro atoms. The van der Waals surface area contributed by atoms with Crippen molar-refractivity contribution < 1.29 is 9.53 Å². The lowest BCUT2D eigenvalue weighted by Gasteiger charge is -2.02. The van der Waals surface area contributed by atoms with Crippen LogP contribution < -0.4 is 0 Å². The van der Waals surface area contributed by atoms with Crippen LogP contribution in [0.5, 0.6) is 0 Å². The van der Waals surface area contributed by atoms with Gasteiger partial charge in [0, 0.05) is 12.6 Å². The zero-order valence-electron chi connectivity index (χ0n) is 7.78. The Morgan fingerprint density at radius 1 is 1.54 bits per heavy atom. The lowest BCUT2D eigenvalue weighted by Crippen LogP contribution is -2.04. The molecule has 0 atom stereocenters. The molecule has 4 nitrogen and oxygen atoms in total. The average molecular weight is 180 g/mol. The molecule has 1 aromatic rings. The highest BCUT2D eigenvalue weighted by Crippen LogP contribution is 1.98. The normalized spacial score (nSPS) is 9.69. The molecule has 0 unspecified atom stereocenters. The van der Waals surface area contributed by atoms with Crippen molar-refractivity contribution in [2.75, 3.05) is 0 Å². The minimum atomic E-state index is -0.219. The number of nitrogens with zero attached hydrogens (tertiary/aromatic N) is 2. The maximum absolute atomic E-state index is 10.8. The highest BCUT2D eigenvalue weighted by molar-refractivity contribution is 5.68. The van der Waals surface area contributed by atoms with Crippen LogP contribution in [-0.4, -0.2) is 15.9 Å². The number of hydrogen-bond acceptors (Lipinski definition) is 4. The molecule has 0 saturated heterocycles. The Labute approximate surface area is 77.0 Å². The molecule has 0 aliphatic carbocycles. The van der Waals surface area contributed by atoms with Crippen LogP contribution in [0.3, 0.4) is 0 Å². The van der Waals surface area contributed by atoms with Crippen LogP contribution in [0, 0.1) is 6.92 Å². The number of ether oxygens (including phenoxy) is 1. The molecule has 0 aromatic carbocycles. The monoisotopic (exact) mass is 180 g/mol. The van der Waals surface area contributed by atoms with Crippen molar-refractivity contribution in [1.82, 2.24) is 9.97 Å². The fraction of sp³-hybridized carbons (Fsp3) is 0.444. The van der Waals surface area contributed by atoms with E-state index < -0.39 is 0 Å². The quantitative estimate of drug-likeness (QED) is 0.656. The second-order valence-corrected chi connectivity index (χ2v) is 2.67. The lowest BCUT2D eigenvalue weighted by atomic mass is 10.4. The molecule has 4 heteroatoms. The molecule has 0 amide bonds. The molecule has 0 bridgehead atoms. The summed E-state index contributed by atoms with van der Waals surface area (Å²) < 4.78 is 4.89. The van der Waals surface area contributed by atoms with Gasteiger partial charge >= 0.3 is 5.97 Å². The number of carbonyl (C=O) groups is 1. The molecule has 0 aliphatic heterocycles. The molecule has 0 radical (unpaired) electrons. The summed E-state index contributed by atoms with van der Waals surface area (Å²) in [5.41, 5.74) is 1.51. The van der Waals surface area contributed by atoms with Crippen molar-refractivity contribution in [3.05, 3.63) is 23.8 Å². The smallest absolute Gasteiger partial charge is 0.305 e. The molecule has 1 aromatic heterocycles. The third kappa shape index (κ3) is 3.19. The fourth-order valence-corrected chi connectivity index (χ4v) is 0.841. The average Bonchev–Trinajstić information content (AvgIpc) is 2.14. The van der Waals surface area contributed by atoms with Gasteiger partial charge in [0.05, 0.1) is 17.6 Å². The summed E-state index contributed by atoms with van der Waals surface area (Å²) in [4.78, 5) is 18.9. The van der Waals surface area contributed by atoms with Gasteiger partial charge in [0.1, 0.15) is 6.61 Å². The Morgan fingerprint density at radius 3 is 2.92 bits per heavy atom. The van der Waals surface area contributed by atoms with E-state index in [0.717, 1.165) is 5.69 Å². The van der Waals surface area contributed by atoms with Crippen molar-refractivity contribution >= 4 is 5.97 Å². The van der Waals surface area contributed by atoms with E-state index in [0.29, 0.717) is 12.1 Å². The second kappa shape index (κ2) is 4.54. The lowest BCUT2D eigenvalue weighted by molar-refractivity contribution is -0.144. The Bertz CT molecular complexity index is 299. The standard InChI is InChI=1S/C9H12N2O2/c1-3-9(12)13-6-8-5-10-4-7(2)11-8/h4-5H,3,6H2,1-2H3.